The van der Waals surface area contributed by atoms with Crippen LogP contribution in [-0.4, -0.2) is 41.8 Å². The van der Waals surface area contributed by atoms with Crippen molar-refractivity contribution in [2.45, 2.75) is 18.8 Å². The van der Waals surface area contributed by atoms with Crippen LogP contribution in [0.5, 0.6) is 0 Å². The second-order valence-corrected chi connectivity index (χ2v) is 2.24. The van der Waals surface area contributed by atoms with Gasteiger partial charge in [-0.3, -0.25) is 0 Å². The molecule has 0 aliphatic carbocycles. The molecule has 1 fully saturated rings. The minimum Gasteiger partial charge on any atom is -0.479 e. The van der Waals surface area contributed by atoms with Crippen molar-refractivity contribution in [3.63, 3.8) is 0 Å². The summed E-state index contributed by atoms with van der Waals surface area (Å²) in [4.78, 5) is 10.3. The van der Waals surface area contributed by atoms with Gasteiger partial charge in [0.2, 0.25) is 0 Å². The Balaban J connectivity index is 2.29. The van der Waals surface area contributed by atoms with E-state index in [9.17, 15) is 4.79 Å². The molecule has 0 bridgehead atoms. The topological polar surface area (TPSA) is 76.0 Å². The fourth-order valence-electron chi connectivity index (χ4n) is 0.843. The zero-order chi connectivity index (χ0) is 8.27. The molecule has 2 N–H and O–H groups in total. The van der Waals surface area contributed by atoms with Crippen molar-refractivity contribution in [1.29, 1.82) is 0 Å². The van der Waals surface area contributed by atoms with Crippen LogP contribution in [0, 0.1) is 0 Å². The van der Waals surface area contributed by atoms with E-state index < -0.39 is 18.4 Å². The van der Waals surface area contributed by atoms with Gasteiger partial charge in [-0.05, 0) is 0 Å². The average molecular weight is 162 g/mol. The summed E-state index contributed by atoms with van der Waals surface area (Å²) >= 11 is 0. The number of aliphatic hydroxyl groups is 1. The molecule has 2 atom stereocenters. The molecule has 0 aromatic rings. The summed E-state index contributed by atoms with van der Waals surface area (Å²) in [5.74, 6) is -1.02. The molecule has 0 aromatic heterocycles. The molecule has 1 aliphatic rings. The Labute approximate surface area is 63.5 Å². The highest BCUT2D eigenvalue weighted by atomic mass is 16.7. The van der Waals surface area contributed by atoms with E-state index in [1.54, 1.807) is 0 Å². The largest absolute Gasteiger partial charge is 0.479 e. The Morgan fingerprint density at radius 1 is 1.64 bits per heavy atom. The van der Waals surface area contributed by atoms with Gasteiger partial charge in [-0.2, -0.15) is 0 Å². The highest BCUT2D eigenvalue weighted by Gasteiger charge is 2.30. The quantitative estimate of drug-likeness (QED) is 0.568. The summed E-state index contributed by atoms with van der Waals surface area (Å²) in [5, 5.41) is 16.9. The Morgan fingerprint density at radius 2 is 2.36 bits per heavy atom. The van der Waals surface area contributed by atoms with Gasteiger partial charge in [-0.15, -0.1) is 0 Å². The highest BCUT2D eigenvalue weighted by molar-refractivity contribution is 5.72. The molecule has 0 aromatic carbocycles. The average Bonchev–Trinajstić information content (AvgIpc) is 2.37. The van der Waals surface area contributed by atoms with E-state index in [4.69, 9.17) is 19.7 Å². The van der Waals surface area contributed by atoms with Crippen LogP contribution in [0.25, 0.3) is 0 Å². The van der Waals surface area contributed by atoms with Crippen LogP contribution >= 0.6 is 0 Å². The summed E-state index contributed by atoms with van der Waals surface area (Å²) in [6.45, 7) is 0.0109. The summed E-state index contributed by atoms with van der Waals surface area (Å²) in [6.07, 6.45) is -1.10. The first-order valence-electron chi connectivity index (χ1n) is 3.34. The molecule has 0 amide bonds. The fourth-order valence-corrected chi connectivity index (χ4v) is 0.843. The number of carboxylic acid groups (broad SMARTS) is 1. The van der Waals surface area contributed by atoms with Crippen molar-refractivity contribution in [2.75, 3.05) is 13.2 Å². The fraction of sp³-hybridized carbons (Fsp3) is 0.833. The first-order chi connectivity index (χ1) is 5.24. The molecule has 5 nitrogen and oxygen atoms in total. The van der Waals surface area contributed by atoms with Crippen molar-refractivity contribution < 1.29 is 24.5 Å². The Bertz CT molecular complexity index is 146. The lowest BCUT2D eigenvalue weighted by Gasteiger charge is -2.06. The van der Waals surface area contributed by atoms with Crippen LogP contribution in [0.4, 0.5) is 0 Å². The molecule has 5 heteroatoms. The Kier molecular flexibility index (Phi) is 2.81. The van der Waals surface area contributed by atoms with E-state index in [-0.39, 0.29) is 13.2 Å². The third-order valence-corrected chi connectivity index (χ3v) is 1.39. The zero-order valence-corrected chi connectivity index (χ0v) is 5.90. The number of hydrogen-bond acceptors (Lipinski definition) is 4. The normalized spacial score (nSPS) is 30.6. The predicted molar refractivity (Wildman–Crippen MR) is 34.0 cm³/mol. The van der Waals surface area contributed by atoms with Crippen molar-refractivity contribution in [2.24, 2.45) is 0 Å². The summed E-state index contributed by atoms with van der Waals surface area (Å²) in [6, 6.07) is 0. The SMILES string of the molecule is O=C(O)C1COC(CCO)O1. The van der Waals surface area contributed by atoms with Gasteiger partial charge in [0.05, 0.1) is 6.61 Å². The van der Waals surface area contributed by atoms with Gasteiger partial charge in [-0.1, -0.05) is 0 Å². The van der Waals surface area contributed by atoms with Gasteiger partial charge in [0.25, 0.3) is 0 Å². The maximum Gasteiger partial charge on any atom is 0.335 e. The van der Waals surface area contributed by atoms with Crippen molar-refractivity contribution in [3.05, 3.63) is 0 Å². The van der Waals surface area contributed by atoms with Crippen LogP contribution in [0.3, 0.4) is 0 Å². The van der Waals surface area contributed by atoms with Crippen LogP contribution < -0.4 is 0 Å². The molecular formula is C6H10O5. The number of carbonyl (C=O) groups is 1. The summed E-state index contributed by atoms with van der Waals surface area (Å²) in [7, 11) is 0. The van der Waals surface area contributed by atoms with Gasteiger partial charge in [0.1, 0.15) is 0 Å². The van der Waals surface area contributed by atoms with E-state index in [1.807, 2.05) is 0 Å². The van der Waals surface area contributed by atoms with E-state index in [2.05, 4.69) is 0 Å². The lowest BCUT2D eigenvalue weighted by molar-refractivity contribution is -0.151. The molecule has 1 rings (SSSR count). The predicted octanol–water partition coefficient (Wildman–Crippen LogP) is -0.805. The maximum atomic E-state index is 10.3. The van der Waals surface area contributed by atoms with Gasteiger partial charge >= 0.3 is 5.97 Å². The van der Waals surface area contributed by atoms with Crippen LogP contribution in [0.2, 0.25) is 0 Å². The number of rotatable bonds is 3. The molecule has 0 radical (unpaired) electrons. The number of aliphatic hydroxyl groups excluding tert-OH is 1. The van der Waals surface area contributed by atoms with E-state index in [0.29, 0.717) is 6.42 Å². The molecular weight excluding hydrogens is 152 g/mol. The molecule has 1 aliphatic heterocycles. The van der Waals surface area contributed by atoms with Gasteiger partial charge < -0.3 is 19.7 Å². The molecule has 64 valence electrons. The Hall–Kier alpha value is -0.650. The molecule has 0 saturated carbocycles. The maximum absolute atomic E-state index is 10.3. The first-order valence-corrected chi connectivity index (χ1v) is 3.34. The molecule has 1 heterocycles. The second-order valence-electron chi connectivity index (χ2n) is 2.24. The first kappa shape index (κ1) is 8.45. The lowest BCUT2D eigenvalue weighted by atomic mass is 10.4. The standard InChI is InChI=1S/C6H10O5/c7-2-1-5-10-3-4(11-5)6(8)9/h4-5,7H,1-3H2,(H,8,9). The summed E-state index contributed by atoms with van der Waals surface area (Å²) in [5.41, 5.74) is 0. The number of carboxylic acids is 1. The third kappa shape index (κ3) is 2.14. The molecule has 11 heavy (non-hydrogen) atoms. The highest BCUT2D eigenvalue weighted by Crippen LogP contribution is 2.13. The number of ether oxygens (including phenoxy) is 2. The molecule has 2 unspecified atom stereocenters. The van der Waals surface area contributed by atoms with E-state index in [1.165, 1.54) is 0 Å². The van der Waals surface area contributed by atoms with E-state index in [0.717, 1.165) is 0 Å². The minimum absolute atomic E-state index is 0.0585. The van der Waals surface area contributed by atoms with Crippen molar-refractivity contribution >= 4 is 5.97 Å². The number of aliphatic carboxylic acids is 1. The molecule has 0 spiro atoms. The zero-order valence-electron chi connectivity index (χ0n) is 5.90. The van der Waals surface area contributed by atoms with Gasteiger partial charge in [0.15, 0.2) is 12.4 Å². The van der Waals surface area contributed by atoms with Crippen molar-refractivity contribution in [1.82, 2.24) is 0 Å². The van der Waals surface area contributed by atoms with Crippen molar-refractivity contribution in [3.8, 4) is 0 Å². The van der Waals surface area contributed by atoms with Crippen LogP contribution in [0.15, 0.2) is 0 Å². The van der Waals surface area contributed by atoms with E-state index >= 15 is 0 Å². The summed E-state index contributed by atoms with van der Waals surface area (Å²) < 4.78 is 9.79. The smallest absolute Gasteiger partial charge is 0.335 e. The lowest BCUT2D eigenvalue weighted by Crippen LogP contribution is -2.22. The van der Waals surface area contributed by atoms with Gasteiger partial charge in [0, 0.05) is 13.0 Å². The number of hydrogen-bond donors (Lipinski definition) is 2. The van der Waals surface area contributed by atoms with Crippen LogP contribution in [0.1, 0.15) is 6.42 Å². The molecule has 1 saturated heterocycles. The van der Waals surface area contributed by atoms with Crippen LogP contribution in [-0.2, 0) is 14.3 Å². The minimum atomic E-state index is -1.02. The monoisotopic (exact) mass is 162 g/mol. The second kappa shape index (κ2) is 3.66. The third-order valence-electron chi connectivity index (χ3n) is 1.39. The van der Waals surface area contributed by atoms with Gasteiger partial charge in [-0.25, -0.2) is 4.79 Å². The Morgan fingerprint density at radius 3 is 2.82 bits per heavy atom.